The molecule has 0 amide bonds. The van der Waals surface area contributed by atoms with Gasteiger partial charge in [-0.3, -0.25) is 0 Å². The fourth-order valence-electron chi connectivity index (χ4n) is 1.96. The second-order valence-electron chi connectivity index (χ2n) is 6.38. The summed E-state index contributed by atoms with van der Waals surface area (Å²) < 4.78 is 29.1. The van der Waals surface area contributed by atoms with Gasteiger partial charge in [0, 0.05) is 46.2 Å². The van der Waals surface area contributed by atoms with E-state index in [2.05, 4.69) is 42.5 Å². The second kappa shape index (κ2) is 44.3. The summed E-state index contributed by atoms with van der Waals surface area (Å²) in [5.74, 6) is 0. The molecule has 0 aromatic carbocycles. The summed E-state index contributed by atoms with van der Waals surface area (Å²) in [6, 6.07) is 0. The average molecular weight is 1540 g/mol. The summed E-state index contributed by atoms with van der Waals surface area (Å²) in [7, 11) is 9.49. The van der Waals surface area contributed by atoms with Crippen molar-refractivity contribution in [2.75, 3.05) is 66.1 Å². The van der Waals surface area contributed by atoms with Crippen molar-refractivity contribution < 1.29 is 48.8 Å². The predicted molar refractivity (Wildman–Crippen MR) is 121 cm³/mol. The minimum absolute atomic E-state index is 0. The molecular weight excluding hydrogens is 1490 g/mol. The summed E-state index contributed by atoms with van der Waals surface area (Å²) >= 11 is 0. The van der Waals surface area contributed by atoms with Crippen molar-refractivity contribution in [2.45, 2.75) is 50.9 Å². The second-order valence-corrected chi connectivity index (χ2v) is 6.38. The third-order valence-corrected chi connectivity index (χ3v) is 3.49. The molecule has 0 saturated carbocycles. The molecule has 0 radical (unpaired) electrons. The maximum Gasteiger partial charge on any atom is 0.0976 e. The molecule has 10 nitrogen and oxygen atoms in total. The third-order valence-electron chi connectivity index (χ3n) is 3.49. The Labute approximate surface area is 194 Å². The Balaban J connectivity index is -0.0000000907. The molecule has 0 aliphatic heterocycles. The maximum atomic E-state index is 9.33. The fraction of sp³-hybridized carbons (Fsp3) is 0.818. The van der Waals surface area contributed by atoms with Crippen LogP contribution in [0.15, 0.2) is 0 Å². The van der Waals surface area contributed by atoms with E-state index >= 15 is 0 Å². The van der Waals surface area contributed by atoms with Crippen LogP contribution < -0.4 is 0 Å². The van der Waals surface area contributed by atoms with Gasteiger partial charge < -0.3 is 55.8 Å². The van der Waals surface area contributed by atoms with Crippen molar-refractivity contribution in [2.24, 2.45) is 0 Å². The van der Waals surface area contributed by atoms with Gasteiger partial charge in [0.15, 0.2) is 0 Å². The van der Waals surface area contributed by atoms with E-state index in [9.17, 15) is 10.2 Å². The van der Waals surface area contributed by atoms with Gasteiger partial charge in [0.1, 0.15) is 0 Å². The number of hydrogen-bond acceptors (Lipinski definition) is 10. The van der Waals surface area contributed by atoms with Gasteiger partial charge in [0.25, 0.3) is 0 Å². The van der Waals surface area contributed by atoms with Crippen molar-refractivity contribution in [3.63, 3.8) is 0 Å². The van der Waals surface area contributed by atoms with Gasteiger partial charge >= 0.3 is 0 Å². The summed E-state index contributed by atoms with van der Waals surface area (Å²) in [5, 5.41) is 35.8. The zero-order valence-electron chi connectivity index (χ0n) is 22.5. The van der Waals surface area contributed by atoms with Crippen LogP contribution >= 0.6 is 0 Å². The van der Waals surface area contributed by atoms with Gasteiger partial charge in [-0.25, -0.2) is 21.3 Å². The number of ether oxygens (including phenoxy) is 6. The van der Waals surface area contributed by atoms with Gasteiger partial charge in [-0.1, -0.05) is 0 Å². The van der Waals surface area contributed by atoms with E-state index in [-0.39, 0.29) is 39.6 Å². The normalized spacial score (nSPS) is 11.9. The predicted octanol–water partition coefficient (Wildman–Crippen LogP) is 0.923. The first kappa shape index (κ1) is 48.9. The Bertz CT molecular complexity index is 309. The molecule has 0 bridgehead atoms. The first-order chi connectivity index (χ1) is 15.5. The molecule has 0 fully saturated rings. The van der Waals surface area contributed by atoms with Crippen LogP contribution in [0.25, 0.3) is 0 Å². The molecule has 4 N–H and O–H groups in total. The van der Waals surface area contributed by atoms with Crippen LogP contribution in [0, 0.1) is 28.3 Å². The van der Waals surface area contributed by atoms with E-state index in [1.54, 1.807) is 6.92 Å². The van der Waals surface area contributed by atoms with Crippen LogP contribution in [0.3, 0.4) is 0 Å². The molecule has 0 aliphatic rings. The number of hydrogen-bond donors (Lipinski definition) is 4. The largest absolute Gasteiger partial charge is 0.553 e. The first-order valence-electron chi connectivity index (χ1n) is 10.7. The molecule has 0 heterocycles. The summed E-state index contributed by atoms with van der Waals surface area (Å²) in [6.07, 6.45) is 1.26. The Hall–Kier alpha value is -4.40. The number of rotatable bonds is 21. The van der Waals surface area contributed by atoms with Crippen molar-refractivity contribution in [3.05, 3.63) is 28.3 Å². The molecule has 36 heavy (non-hydrogen) atoms. The van der Waals surface area contributed by atoms with Crippen LogP contribution in [0.4, 0.5) is 0 Å². The minimum Gasteiger partial charge on any atom is -0.553 e. The zero-order chi connectivity index (χ0) is 24.9. The summed E-state index contributed by atoms with van der Waals surface area (Å²) in [4.78, 5) is 0. The van der Waals surface area contributed by atoms with Crippen LogP contribution in [0.5, 0.6) is 0 Å². The van der Waals surface area contributed by atoms with Gasteiger partial charge in [-0.15, -0.1) is 0 Å². The molecule has 0 aromatic heterocycles. The molecule has 3 unspecified atom stereocenters. The number of aliphatic hydroxyl groups is 4. The van der Waals surface area contributed by atoms with E-state index in [0.717, 1.165) is 12.8 Å². The molecule has 0 aromatic rings. The monoisotopic (exact) mass is 1540 g/mol. The summed E-state index contributed by atoms with van der Waals surface area (Å²) in [5.41, 5.74) is 0. The summed E-state index contributed by atoms with van der Waals surface area (Å²) in [6.45, 7) is 8.36. The van der Waals surface area contributed by atoms with Crippen LogP contribution in [-0.2, 0) is 28.4 Å². The topological polar surface area (TPSA) is 136 Å². The fourth-order valence-corrected chi connectivity index (χ4v) is 1.96. The molecular formula is C22H46O10Rf4-4. The van der Waals surface area contributed by atoms with Crippen molar-refractivity contribution in [1.82, 2.24) is 0 Å². The molecule has 14 heteroatoms. The van der Waals surface area contributed by atoms with Gasteiger partial charge in [0.05, 0.1) is 38.1 Å². The van der Waals surface area contributed by atoms with Gasteiger partial charge in [-0.05, 0) is 25.7 Å². The van der Waals surface area contributed by atoms with E-state index in [1.807, 2.05) is 0 Å². The Morgan fingerprint density at radius 2 is 0.889 bits per heavy atom. The molecule has 0 rings (SSSR count). The van der Waals surface area contributed by atoms with Gasteiger partial charge in [0.2, 0.25) is 0 Å². The number of aliphatic hydroxyl groups excluding tert-OH is 4. The molecule has 0 saturated heterocycles. The first-order valence-corrected chi connectivity index (χ1v) is 10.7. The molecule has 0 aliphatic carbocycles. The molecule has 206 valence electrons. The maximum absolute atomic E-state index is 9.33. The van der Waals surface area contributed by atoms with Crippen molar-refractivity contribution in [3.8, 4) is 0 Å². The quantitative estimate of drug-likeness (QED) is 0.0973. The van der Waals surface area contributed by atoms with E-state index < -0.39 is 18.3 Å². The average Bonchev–Trinajstić information content (AvgIpc) is 2.77. The Kier molecular flexibility index (Phi) is 60.2. The molecule has 0 spiro atoms. The van der Waals surface area contributed by atoms with Crippen LogP contribution in [0.2, 0.25) is 0 Å². The smallest absolute Gasteiger partial charge is 0.0976 e. The van der Waals surface area contributed by atoms with Gasteiger partial charge in [-0.2, -0.15) is 6.92 Å². The van der Waals surface area contributed by atoms with E-state index in [4.69, 9.17) is 24.4 Å². The van der Waals surface area contributed by atoms with E-state index in [0.29, 0.717) is 39.3 Å². The van der Waals surface area contributed by atoms with E-state index in [1.165, 1.54) is 0 Å². The third kappa shape index (κ3) is 47.4. The molecule has 3 atom stereocenters. The van der Waals surface area contributed by atoms with Crippen LogP contribution in [-0.4, -0.2) is 105 Å². The van der Waals surface area contributed by atoms with Crippen molar-refractivity contribution in [1.29, 1.82) is 0 Å². The Morgan fingerprint density at radius 1 is 0.528 bits per heavy atom. The minimum atomic E-state index is -0.649. The van der Waals surface area contributed by atoms with Crippen molar-refractivity contribution >= 4 is 0 Å². The number of unbranched alkanes of at least 4 members (excludes halogenated alkanes) is 1. The Morgan fingerprint density at radius 3 is 1.22 bits per heavy atom. The zero-order valence-corrected chi connectivity index (χ0v) is 48.1. The van der Waals surface area contributed by atoms with Crippen LogP contribution in [0.1, 0.15) is 32.6 Å². The SMILES string of the molecule is [CH2-]C.[CH2-]OCC(O)CCOCCCCOCCC(O)CO[CH2-].[CH2-]OCC(O)COCCO.[Rf].[Rf].[Rf].[Rf]. The standard InChI is InChI=1S/C14H28O6.C6H13O4.C2H5.4Rf/c1-17-11-13(15)5-9-19-7-3-4-8-20-10-6-14(16)12-18-2;1-9-4-6(8)5-10-3-2-7;1-2;;;;/h13-16H,1-12H2;6-8H,1-5H2;1H2,2H3;;;;/q-2;2*-1;;;;.